The Labute approximate surface area is 127 Å². The summed E-state index contributed by atoms with van der Waals surface area (Å²) in [6.07, 6.45) is 0. The zero-order chi connectivity index (χ0) is 14.5. The average Bonchev–Trinajstić information content (AvgIpc) is 2.48. The zero-order valence-electron chi connectivity index (χ0n) is 10.9. The highest BCUT2D eigenvalue weighted by Gasteiger charge is 2.05. The van der Waals surface area contributed by atoms with Crippen LogP contribution in [0, 0.1) is 0 Å². The molecule has 5 heteroatoms. The van der Waals surface area contributed by atoms with E-state index in [0.717, 1.165) is 16.2 Å². The number of hydrogen-bond donors (Lipinski definition) is 1. The Balaban J connectivity index is 2.00. The van der Waals surface area contributed by atoms with E-state index in [1.165, 1.54) is 7.11 Å². The summed E-state index contributed by atoms with van der Waals surface area (Å²) in [4.78, 5) is 12.4. The van der Waals surface area contributed by atoms with Crippen molar-refractivity contribution >= 4 is 35.0 Å². The fourth-order valence-corrected chi connectivity index (χ4v) is 2.76. The lowest BCUT2D eigenvalue weighted by molar-refractivity contribution is 0.0600. The Morgan fingerprint density at radius 2 is 1.95 bits per heavy atom. The largest absolute Gasteiger partial charge is 0.465 e. The second kappa shape index (κ2) is 6.68. The number of thioether (sulfide) groups is 1. The number of nitrogens with two attached hydrogens (primary N) is 1. The van der Waals surface area contributed by atoms with Crippen LogP contribution in [0.3, 0.4) is 0 Å². The molecule has 0 unspecified atom stereocenters. The molecular weight excluding hydrogens is 294 g/mol. The van der Waals surface area contributed by atoms with Crippen LogP contribution in [0.15, 0.2) is 47.4 Å². The molecule has 2 aromatic carbocycles. The summed E-state index contributed by atoms with van der Waals surface area (Å²) >= 11 is 7.64. The van der Waals surface area contributed by atoms with Gasteiger partial charge < -0.3 is 10.5 Å². The molecule has 3 nitrogen and oxygen atoms in total. The zero-order valence-corrected chi connectivity index (χ0v) is 12.5. The van der Waals surface area contributed by atoms with Gasteiger partial charge in [0.1, 0.15) is 0 Å². The molecule has 0 saturated heterocycles. The van der Waals surface area contributed by atoms with Gasteiger partial charge in [-0.1, -0.05) is 23.7 Å². The van der Waals surface area contributed by atoms with Crippen molar-refractivity contribution in [3.63, 3.8) is 0 Å². The van der Waals surface area contributed by atoms with Gasteiger partial charge in [0.2, 0.25) is 0 Å². The first kappa shape index (κ1) is 14.8. The third-order valence-corrected chi connectivity index (χ3v) is 4.14. The molecule has 104 valence electrons. The molecule has 0 atom stereocenters. The van der Waals surface area contributed by atoms with E-state index in [-0.39, 0.29) is 5.97 Å². The van der Waals surface area contributed by atoms with E-state index in [0.29, 0.717) is 16.3 Å². The van der Waals surface area contributed by atoms with E-state index < -0.39 is 0 Å². The molecule has 20 heavy (non-hydrogen) atoms. The van der Waals surface area contributed by atoms with E-state index in [4.69, 9.17) is 17.3 Å². The lowest BCUT2D eigenvalue weighted by Gasteiger charge is -2.05. The van der Waals surface area contributed by atoms with Gasteiger partial charge in [0.15, 0.2) is 0 Å². The molecule has 0 aliphatic heterocycles. The van der Waals surface area contributed by atoms with E-state index in [9.17, 15) is 4.79 Å². The summed E-state index contributed by atoms with van der Waals surface area (Å²) in [7, 11) is 1.37. The molecule has 0 heterocycles. The van der Waals surface area contributed by atoms with Crippen LogP contribution in [-0.4, -0.2) is 13.1 Å². The van der Waals surface area contributed by atoms with Gasteiger partial charge in [-0.2, -0.15) is 0 Å². The lowest BCUT2D eigenvalue weighted by Crippen LogP contribution is -2.00. The van der Waals surface area contributed by atoms with Gasteiger partial charge in [0, 0.05) is 10.6 Å². The predicted molar refractivity (Wildman–Crippen MR) is 83.2 cm³/mol. The maximum Gasteiger partial charge on any atom is 0.337 e. The number of nitrogen functional groups attached to an aromatic ring is 1. The topological polar surface area (TPSA) is 52.3 Å². The van der Waals surface area contributed by atoms with Crippen LogP contribution in [-0.2, 0) is 10.5 Å². The molecule has 2 N–H and O–H groups in total. The minimum absolute atomic E-state index is 0.325. The van der Waals surface area contributed by atoms with Crippen molar-refractivity contribution in [2.75, 3.05) is 12.8 Å². The number of esters is 1. The fourth-order valence-electron chi connectivity index (χ4n) is 1.62. The van der Waals surface area contributed by atoms with Crippen LogP contribution in [0.25, 0.3) is 0 Å². The van der Waals surface area contributed by atoms with Gasteiger partial charge in [0.05, 0.1) is 23.4 Å². The molecule has 2 rings (SSSR count). The molecule has 0 aliphatic carbocycles. The van der Waals surface area contributed by atoms with Crippen LogP contribution < -0.4 is 5.73 Å². The van der Waals surface area contributed by atoms with Crippen LogP contribution in [0.2, 0.25) is 5.02 Å². The number of carbonyl (C=O) groups excluding carboxylic acids is 1. The number of methoxy groups -OCH3 is 1. The molecule has 0 aliphatic rings. The molecule has 0 fully saturated rings. The number of carbonyl (C=O) groups is 1. The van der Waals surface area contributed by atoms with Crippen molar-refractivity contribution in [2.24, 2.45) is 0 Å². The number of ether oxygens (including phenoxy) is 1. The van der Waals surface area contributed by atoms with E-state index in [2.05, 4.69) is 4.74 Å². The van der Waals surface area contributed by atoms with Crippen LogP contribution in [0.4, 0.5) is 5.69 Å². The Morgan fingerprint density at radius 3 is 2.55 bits per heavy atom. The lowest BCUT2D eigenvalue weighted by atomic mass is 10.1. The Bertz CT molecular complexity index is 614. The number of hydrogen-bond acceptors (Lipinski definition) is 4. The summed E-state index contributed by atoms with van der Waals surface area (Å²) < 4.78 is 4.66. The molecular formula is C15H14ClNO2S. The summed E-state index contributed by atoms with van der Waals surface area (Å²) in [6.45, 7) is 0. The van der Waals surface area contributed by atoms with E-state index in [1.807, 2.05) is 24.3 Å². The third kappa shape index (κ3) is 3.68. The maximum absolute atomic E-state index is 11.3. The van der Waals surface area contributed by atoms with Crippen molar-refractivity contribution in [2.45, 2.75) is 10.6 Å². The first-order valence-electron chi connectivity index (χ1n) is 5.95. The maximum atomic E-state index is 11.3. The second-order valence-electron chi connectivity index (χ2n) is 4.16. The molecule has 0 radical (unpaired) electrons. The van der Waals surface area contributed by atoms with Gasteiger partial charge in [-0.05, 0) is 35.9 Å². The molecule has 0 spiro atoms. The predicted octanol–water partition coefficient (Wildman–Crippen LogP) is 4.00. The summed E-state index contributed by atoms with van der Waals surface area (Å²) in [5, 5.41) is 0.566. The van der Waals surface area contributed by atoms with Crippen molar-refractivity contribution in [1.82, 2.24) is 0 Å². The minimum Gasteiger partial charge on any atom is -0.465 e. The Hall–Kier alpha value is -1.65. The molecule has 2 aromatic rings. The molecule has 0 saturated carbocycles. The quantitative estimate of drug-likeness (QED) is 0.527. The Morgan fingerprint density at radius 1 is 1.25 bits per heavy atom. The monoisotopic (exact) mass is 307 g/mol. The van der Waals surface area contributed by atoms with Gasteiger partial charge in [0.25, 0.3) is 0 Å². The van der Waals surface area contributed by atoms with Crippen molar-refractivity contribution in [3.05, 3.63) is 58.6 Å². The number of rotatable bonds is 4. The molecule has 0 aromatic heterocycles. The summed E-state index contributed by atoms with van der Waals surface area (Å²) in [6, 6.07) is 12.9. The van der Waals surface area contributed by atoms with Crippen molar-refractivity contribution < 1.29 is 9.53 Å². The normalized spacial score (nSPS) is 10.3. The Kier molecular flexibility index (Phi) is 4.93. The summed E-state index contributed by atoms with van der Waals surface area (Å²) in [5.41, 5.74) is 7.92. The van der Waals surface area contributed by atoms with Crippen molar-refractivity contribution in [3.8, 4) is 0 Å². The third-order valence-electron chi connectivity index (χ3n) is 2.75. The van der Waals surface area contributed by atoms with Gasteiger partial charge in [-0.15, -0.1) is 11.8 Å². The second-order valence-corrected chi connectivity index (χ2v) is 5.62. The van der Waals surface area contributed by atoms with E-state index in [1.54, 1.807) is 30.0 Å². The van der Waals surface area contributed by atoms with Crippen LogP contribution in [0.1, 0.15) is 15.9 Å². The van der Waals surface area contributed by atoms with Crippen LogP contribution >= 0.6 is 23.4 Å². The average molecular weight is 308 g/mol. The van der Waals surface area contributed by atoms with Gasteiger partial charge >= 0.3 is 5.97 Å². The number of benzene rings is 2. The highest BCUT2D eigenvalue weighted by Crippen LogP contribution is 2.28. The number of halogens is 1. The molecule has 0 amide bonds. The standard InChI is InChI=1S/C15H14ClNO2S/c1-19-15(18)11-4-2-10(3-5-11)9-20-12-6-7-14(17)13(16)8-12/h2-8H,9,17H2,1H3. The smallest absolute Gasteiger partial charge is 0.337 e. The number of anilines is 1. The first-order chi connectivity index (χ1) is 9.60. The molecule has 0 bridgehead atoms. The van der Waals surface area contributed by atoms with Crippen molar-refractivity contribution in [1.29, 1.82) is 0 Å². The van der Waals surface area contributed by atoms with Gasteiger partial charge in [-0.25, -0.2) is 4.79 Å². The highest BCUT2D eigenvalue weighted by molar-refractivity contribution is 7.98. The SMILES string of the molecule is COC(=O)c1ccc(CSc2ccc(N)c(Cl)c2)cc1. The first-order valence-corrected chi connectivity index (χ1v) is 7.31. The van der Waals surface area contributed by atoms with Crippen LogP contribution in [0.5, 0.6) is 0 Å². The van der Waals surface area contributed by atoms with E-state index >= 15 is 0 Å². The fraction of sp³-hybridized carbons (Fsp3) is 0.133. The summed E-state index contributed by atoms with van der Waals surface area (Å²) in [5.74, 6) is 0.469. The highest BCUT2D eigenvalue weighted by atomic mass is 35.5. The minimum atomic E-state index is -0.325. The van der Waals surface area contributed by atoms with Gasteiger partial charge in [-0.3, -0.25) is 0 Å².